The van der Waals surface area contributed by atoms with Crippen LogP contribution in [-0.4, -0.2) is 11.9 Å². The number of amides is 1. The molecule has 4 rings (SSSR count). The Labute approximate surface area is 217 Å². The Morgan fingerprint density at radius 1 is 0.868 bits per heavy atom. The molecule has 1 aliphatic carbocycles. The van der Waals surface area contributed by atoms with Gasteiger partial charge in [-0.15, -0.1) is 0 Å². The minimum atomic E-state index is -4.93. The Bertz CT molecular complexity index is 1250. The van der Waals surface area contributed by atoms with E-state index in [0.717, 1.165) is 22.8 Å². The molecule has 1 aliphatic rings. The van der Waals surface area contributed by atoms with Gasteiger partial charge < -0.3 is 10.6 Å². The number of rotatable bonds is 7. The zero-order chi connectivity index (χ0) is 27.7. The van der Waals surface area contributed by atoms with Crippen molar-refractivity contribution in [1.29, 1.82) is 0 Å². The van der Waals surface area contributed by atoms with Gasteiger partial charge in [0.1, 0.15) is 0 Å². The predicted octanol–water partition coefficient (Wildman–Crippen LogP) is 7.33. The van der Waals surface area contributed by atoms with Crippen molar-refractivity contribution in [1.82, 2.24) is 10.6 Å². The largest absolute Gasteiger partial charge is 0.416 e. The lowest BCUT2D eigenvalue weighted by molar-refractivity contribution is -0.143. The van der Waals surface area contributed by atoms with E-state index in [-0.39, 0.29) is 35.4 Å². The highest BCUT2D eigenvalue weighted by atomic mass is 19.4. The fraction of sp³-hybridized carbons (Fsp3) is 0.414. The minimum absolute atomic E-state index is 0.0345. The second-order valence-electron chi connectivity index (χ2n) is 10.3. The van der Waals surface area contributed by atoms with E-state index in [2.05, 4.69) is 22.8 Å². The van der Waals surface area contributed by atoms with E-state index in [1.54, 1.807) is 0 Å². The third-order valence-electron chi connectivity index (χ3n) is 7.38. The van der Waals surface area contributed by atoms with Crippen molar-refractivity contribution in [3.05, 3.63) is 82.9 Å². The maximum absolute atomic E-state index is 13.2. The van der Waals surface area contributed by atoms with Gasteiger partial charge in [-0.3, -0.25) is 4.79 Å². The van der Waals surface area contributed by atoms with Crippen LogP contribution in [0.3, 0.4) is 0 Å². The molecular weight excluding hydrogens is 506 g/mol. The van der Waals surface area contributed by atoms with Crippen molar-refractivity contribution in [2.45, 2.75) is 58.2 Å². The molecule has 1 amide bonds. The number of carbonyl (C=O) groups excluding carboxylic acids is 1. The van der Waals surface area contributed by atoms with Gasteiger partial charge >= 0.3 is 12.4 Å². The van der Waals surface area contributed by atoms with Gasteiger partial charge in [0.05, 0.1) is 11.1 Å². The second-order valence-corrected chi connectivity index (χ2v) is 10.3. The third kappa shape index (κ3) is 6.49. The van der Waals surface area contributed by atoms with Crippen molar-refractivity contribution in [3.8, 4) is 0 Å². The SMILES string of the molecule is CC(C)C1C[C@@H](NCc2cccc3ccccc23)C[C@H]1C(=O)NCc1cc(C(F)(F)F)cc(C(F)(F)F)c1. The number of hydrogen-bond donors (Lipinski definition) is 2. The first-order valence-corrected chi connectivity index (χ1v) is 12.6. The van der Waals surface area contributed by atoms with Crippen LogP contribution in [0, 0.1) is 17.8 Å². The van der Waals surface area contributed by atoms with Gasteiger partial charge in [-0.25, -0.2) is 0 Å². The van der Waals surface area contributed by atoms with Crippen LogP contribution in [0.2, 0.25) is 0 Å². The molecule has 0 bridgehead atoms. The molecule has 0 heterocycles. The lowest BCUT2D eigenvalue weighted by Crippen LogP contribution is -2.34. The first-order chi connectivity index (χ1) is 17.8. The number of benzene rings is 3. The van der Waals surface area contributed by atoms with Crippen LogP contribution in [0.5, 0.6) is 0 Å². The molecule has 1 fully saturated rings. The summed E-state index contributed by atoms with van der Waals surface area (Å²) >= 11 is 0. The first kappa shape index (κ1) is 28.0. The second kappa shape index (κ2) is 11.0. The number of halogens is 6. The van der Waals surface area contributed by atoms with E-state index in [1.807, 2.05) is 44.2 Å². The van der Waals surface area contributed by atoms with Gasteiger partial charge in [0.2, 0.25) is 5.91 Å². The Balaban J connectivity index is 1.44. The molecule has 3 aromatic carbocycles. The van der Waals surface area contributed by atoms with Crippen LogP contribution in [-0.2, 0) is 30.2 Å². The molecule has 0 spiro atoms. The van der Waals surface area contributed by atoms with E-state index in [0.29, 0.717) is 25.1 Å². The molecule has 204 valence electrons. The van der Waals surface area contributed by atoms with Crippen molar-refractivity contribution in [3.63, 3.8) is 0 Å². The molecule has 2 N–H and O–H groups in total. The molecule has 3 atom stereocenters. The monoisotopic (exact) mass is 536 g/mol. The highest BCUT2D eigenvalue weighted by Gasteiger charge is 2.40. The summed E-state index contributed by atoms with van der Waals surface area (Å²) in [6.45, 7) is 4.23. The lowest BCUT2D eigenvalue weighted by atomic mass is 9.85. The number of nitrogens with one attached hydrogen (secondary N) is 2. The maximum Gasteiger partial charge on any atom is 0.416 e. The number of carbonyl (C=O) groups is 1. The van der Waals surface area contributed by atoms with Crippen molar-refractivity contribution >= 4 is 16.7 Å². The number of fused-ring (bicyclic) bond motifs is 1. The van der Waals surface area contributed by atoms with Crippen LogP contribution in [0.25, 0.3) is 10.8 Å². The van der Waals surface area contributed by atoms with Crippen LogP contribution in [0.15, 0.2) is 60.7 Å². The van der Waals surface area contributed by atoms with Crippen LogP contribution < -0.4 is 10.6 Å². The quantitative estimate of drug-likeness (QED) is 0.311. The molecule has 1 saturated carbocycles. The minimum Gasteiger partial charge on any atom is -0.352 e. The Kier molecular flexibility index (Phi) is 8.06. The van der Waals surface area contributed by atoms with Crippen molar-refractivity contribution in [2.75, 3.05) is 0 Å². The normalized spacial score (nSPS) is 20.3. The predicted molar refractivity (Wildman–Crippen MR) is 134 cm³/mol. The average molecular weight is 537 g/mol. The van der Waals surface area contributed by atoms with Gasteiger partial charge in [-0.1, -0.05) is 56.3 Å². The van der Waals surface area contributed by atoms with Crippen LogP contribution >= 0.6 is 0 Å². The summed E-state index contributed by atoms with van der Waals surface area (Å²) in [4.78, 5) is 13.1. The summed E-state index contributed by atoms with van der Waals surface area (Å²) in [5, 5.41) is 8.44. The molecular formula is C29H30F6N2O. The van der Waals surface area contributed by atoms with Crippen LogP contribution in [0.1, 0.15) is 48.9 Å². The zero-order valence-electron chi connectivity index (χ0n) is 21.1. The van der Waals surface area contributed by atoms with Gasteiger partial charge in [0.25, 0.3) is 0 Å². The van der Waals surface area contributed by atoms with E-state index in [4.69, 9.17) is 0 Å². The lowest BCUT2D eigenvalue weighted by Gasteiger charge is -2.22. The summed E-state index contributed by atoms with van der Waals surface area (Å²) in [6.07, 6.45) is -8.58. The molecule has 0 aromatic heterocycles. The molecule has 3 aromatic rings. The van der Waals surface area contributed by atoms with Gasteiger partial charge in [0, 0.05) is 25.0 Å². The number of alkyl halides is 6. The van der Waals surface area contributed by atoms with E-state index >= 15 is 0 Å². The number of hydrogen-bond acceptors (Lipinski definition) is 2. The summed E-state index contributed by atoms with van der Waals surface area (Å²) in [5.74, 6) is -0.537. The highest BCUT2D eigenvalue weighted by molar-refractivity contribution is 5.85. The van der Waals surface area contributed by atoms with E-state index in [9.17, 15) is 31.1 Å². The summed E-state index contributed by atoms with van der Waals surface area (Å²) in [7, 11) is 0. The molecule has 0 radical (unpaired) electrons. The fourth-order valence-corrected chi connectivity index (χ4v) is 5.42. The molecule has 3 nitrogen and oxygen atoms in total. The molecule has 0 saturated heterocycles. The third-order valence-corrected chi connectivity index (χ3v) is 7.38. The molecule has 38 heavy (non-hydrogen) atoms. The first-order valence-electron chi connectivity index (χ1n) is 12.6. The van der Waals surface area contributed by atoms with Crippen molar-refractivity contribution in [2.24, 2.45) is 17.8 Å². The van der Waals surface area contributed by atoms with Crippen molar-refractivity contribution < 1.29 is 31.1 Å². The van der Waals surface area contributed by atoms with Crippen LogP contribution in [0.4, 0.5) is 26.3 Å². The standard InChI is InChI=1S/C29H30F6N2O/c1-17(2)25-13-23(36-16-20-8-5-7-19-6-3-4-9-24(19)20)14-26(25)27(38)37-15-18-10-21(28(30,31)32)12-22(11-18)29(33,34)35/h3-12,17,23,25-26,36H,13-16H2,1-2H3,(H,37,38)/t23-,25?,26-/m1/s1. The summed E-state index contributed by atoms with van der Waals surface area (Å²) in [6, 6.07) is 15.6. The fourth-order valence-electron chi connectivity index (χ4n) is 5.42. The molecule has 1 unspecified atom stereocenters. The Morgan fingerprint density at radius 3 is 2.13 bits per heavy atom. The van der Waals surface area contributed by atoms with E-state index < -0.39 is 35.9 Å². The zero-order valence-corrected chi connectivity index (χ0v) is 21.1. The Hall–Kier alpha value is -3.07. The van der Waals surface area contributed by atoms with Gasteiger partial charge in [-0.2, -0.15) is 26.3 Å². The highest BCUT2D eigenvalue weighted by Crippen LogP contribution is 2.39. The topological polar surface area (TPSA) is 41.1 Å². The van der Waals surface area contributed by atoms with Gasteiger partial charge in [-0.05, 0) is 64.8 Å². The van der Waals surface area contributed by atoms with E-state index in [1.165, 1.54) is 0 Å². The molecule has 9 heteroatoms. The molecule has 0 aliphatic heterocycles. The van der Waals surface area contributed by atoms with Gasteiger partial charge in [0.15, 0.2) is 0 Å². The smallest absolute Gasteiger partial charge is 0.352 e. The maximum atomic E-state index is 13.2. The summed E-state index contributed by atoms with van der Waals surface area (Å²) in [5.41, 5.74) is -1.89. The average Bonchev–Trinajstić information content (AvgIpc) is 3.30. The Morgan fingerprint density at radius 2 is 1.50 bits per heavy atom. The summed E-state index contributed by atoms with van der Waals surface area (Å²) < 4.78 is 79.1.